The normalized spacial score (nSPS) is 11.8. The minimum Gasteiger partial charge on any atom is -0.491 e. The smallest absolute Gasteiger partial charge is 0.120 e. The number of ether oxygens (including phenoxy) is 2. The van der Waals surface area contributed by atoms with Crippen molar-refractivity contribution >= 4 is 0 Å². The van der Waals surface area contributed by atoms with Gasteiger partial charge in [0.1, 0.15) is 12.4 Å². The zero-order valence-corrected chi connectivity index (χ0v) is 9.77. The molecule has 0 amide bonds. The Balaban J connectivity index is 2.29. The van der Waals surface area contributed by atoms with E-state index in [0.29, 0.717) is 24.5 Å². The van der Waals surface area contributed by atoms with Crippen LogP contribution in [0.1, 0.15) is 25.8 Å². The van der Waals surface area contributed by atoms with E-state index in [1.54, 1.807) is 12.1 Å². The summed E-state index contributed by atoms with van der Waals surface area (Å²) in [7, 11) is 0. The first-order valence-corrected chi connectivity index (χ1v) is 5.50. The Bertz CT molecular complexity index is 357. The fourth-order valence-corrected chi connectivity index (χ4v) is 1.18. The molecule has 1 aromatic carbocycles. The highest BCUT2D eigenvalue weighted by atomic mass is 16.5. The highest BCUT2D eigenvalue weighted by molar-refractivity contribution is 5.36. The minimum atomic E-state index is 0.272. The average Bonchev–Trinajstić information content (AvgIpc) is 2.34. The van der Waals surface area contributed by atoms with Gasteiger partial charge in [0.15, 0.2) is 0 Å². The Morgan fingerprint density at radius 2 is 2.19 bits per heavy atom. The van der Waals surface area contributed by atoms with Crippen molar-refractivity contribution < 1.29 is 9.47 Å². The molecular formula is C13H17NO2. The highest BCUT2D eigenvalue weighted by Gasteiger charge is 1.99. The Hall–Kier alpha value is -1.53. The molecule has 0 N–H and O–H groups in total. The molecule has 1 rings (SSSR count). The number of hydrogen-bond acceptors (Lipinski definition) is 3. The van der Waals surface area contributed by atoms with Gasteiger partial charge in [0.2, 0.25) is 0 Å². The molecule has 0 saturated carbocycles. The molecule has 0 radical (unpaired) electrons. The van der Waals surface area contributed by atoms with E-state index in [9.17, 15) is 0 Å². The second kappa shape index (κ2) is 6.86. The third-order valence-corrected chi connectivity index (χ3v) is 2.29. The minimum absolute atomic E-state index is 0.272. The van der Waals surface area contributed by atoms with Crippen LogP contribution in [0.25, 0.3) is 0 Å². The van der Waals surface area contributed by atoms with Crippen molar-refractivity contribution in [2.24, 2.45) is 0 Å². The van der Waals surface area contributed by atoms with Crippen LogP contribution in [-0.4, -0.2) is 19.3 Å². The molecular weight excluding hydrogens is 202 g/mol. The summed E-state index contributed by atoms with van der Waals surface area (Å²) in [6, 6.07) is 9.20. The van der Waals surface area contributed by atoms with Gasteiger partial charge in [-0.3, -0.25) is 0 Å². The van der Waals surface area contributed by atoms with Crippen LogP contribution in [0.3, 0.4) is 0 Å². The van der Waals surface area contributed by atoms with E-state index in [2.05, 4.69) is 13.0 Å². The molecule has 1 atom stereocenters. The predicted molar refractivity (Wildman–Crippen MR) is 62.4 cm³/mol. The van der Waals surface area contributed by atoms with Gasteiger partial charge in [-0.15, -0.1) is 0 Å². The first-order valence-electron chi connectivity index (χ1n) is 5.50. The number of nitriles is 1. The Morgan fingerprint density at radius 1 is 1.38 bits per heavy atom. The summed E-state index contributed by atoms with van der Waals surface area (Å²) in [5, 5.41) is 8.71. The van der Waals surface area contributed by atoms with Gasteiger partial charge in [0.25, 0.3) is 0 Å². The molecule has 0 aliphatic heterocycles. The molecule has 0 aliphatic carbocycles. The lowest BCUT2D eigenvalue weighted by Crippen LogP contribution is -2.13. The van der Waals surface area contributed by atoms with Crippen molar-refractivity contribution in [3.05, 3.63) is 29.8 Å². The molecule has 3 nitrogen and oxygen atoms in total. The maximum atomic E-state index is 8.71. The monoisotopic (exact) mass is 219 g/mol. The summed E-state index contributed by atoms with van der Waals surface area (Å²) in [5.41, 5.74) is 0.611. The van der Waals surface area contributed by atoms with Crippen LogP contribution in [0.5, 0.6) is 5.75 Å². The summed E-state index contributed by atoms with van der Waals surface area (Å²) in [6.07, 6.45) is 1.28. The number of benzene rings is 1. The lowest BCUT2D eigenvalue weighted by atomic mass is 10.2. The van der Waals surface area contributed by atoms with Crippen LogP contribution in [0.2, 0.25) is 0 Å². The van der Waals surface area contributed by atoms with Gasteiger partial charge in [-0.1, -0.05) is 13.0 Å². The van der Waals surface area contributed by atoms with E-state index in [1.807, 2.05) is 19.1 Å². The fourth-order valence-electron chi connectivity index (χ4n) is 1.18. The van der Waals surface area contributed by atoms with Crippen LogP contribution >= 0.6 is 0 Å². The lowest BCUT2D eigenvalue weighted by Gasteiger charge is -2.11. The molecule has 0 aliphatic rings. The lowest BCUT2D eigenvalue weighted by molar-refractivity contribution is 0.0427. The van der Waals surface area contributed by atoms with Crippen molar-refractivity contribution in [1.82, 2.24) is 0 Å². The van der Waals surface area contributed by atoms with E-state index in [0.717, 1.165) is 6.42 Å². The zero-order chi connectivity index (χ0) is 11.8. The number of hydrogen-bond donors (Lipinski definition) is 0. The van der Waals surface area contributed by atoms with E-state index in [4.69, 9.17) is 14.7 Å². The van der Waals surface area contributed by atoms with E-state index in [1.165, 1.54) is 0 Å². The van der Waals surface area contributed by atoms with Gasteiger partial charge in [-0.05, 0) is 31.5 Å². The maximum absolute atomic E-state index is 8.71. The SMILES string of the molecule is CCC(C)OCCOc1cccc(C#N)c1. The van der Waals surface area contributed by atoms with Gasteiger partial charge in [0, 0.05) is 0 Å². The van der Waals surface area contributed by atoms with Gasteiger partial charge in [-0.25, -0.2) is 0 Å². The van der Waals surface area contributed by atoms with Gasteiger partial charge < -0.3 is 9.47 Å². The van der Waals surface area contributed by atoms with Crippen molar-refractivity contribution in [2.45, 2.75) is 26.4 Å². The molecule has 0 aromatic heterocycles. The van der Waals surface area contributed by atoms with Crippen LogP contribution in [0.4, 0.5) is 0 Å². The Kier molecular flexibility index (Phi) is 5.38. The highest BCUT2D eigenvalue weighted by Crippen LogP contribution is 2.12. The van der Waals surface area contributed by atoms with Gasteiger partial charge in [-0.2, -0.15) is 5.26 Å². The average molecular weight is 219 g/mol. The molecule has 0 fully saturated rings. The van der Waals surface area contributed by atoms with Gasteiger partial charge >= 0.3 is 0 Å². The standard InChI is InChI=1S/C13H17NO2/c1-3-11(2)15-7-8-16-13-6-4-5-12(9-13)10-14/h4-6,9,11H,3,7-8H2,1-2H3. The number of nitrogens with zero attached hydrogens (tertiary/aromatic N) is 1. The second-order valence-corrected chi connectivity index (χ2v) is 3.58. The van der Waals surface area contributed by atoms with Crippen LogP contribution in [0, 0.1) is 11.3 Å². The molecule has 1 unspecified atom stereocenters. The molecule has 0 bridgehead atoms. The Labute approximate surface area is 96.6 Å². The summed E-state index contributed by atoms with van der Waals surface area (Å²) in [6.45, 7) is 5.21. The topological polar surface area (TPSA) is 42.2 Å². The predicted octanol–water partition coefficient (Wildman–Crippen LogP) is 2.75. The molecule has 0 spiro atoms. The third kappa shape index (κ3) is 4.33. The quantitative estimate of drug-likeness (QED) is 0.691. The van der Waals surface area contributed by atoms with Crippen molar-refractivity contribution in [3.8, 4) is 11.8 Å². The molecule has 86 valence electrons. The van der Waals surface area contributed by atoms with Crippen LogP contribution < -0.4 is 4.74 Å². The third-order valence-electron chi connectivity index (χ3n) is 2.29. The summed E-state index contributed by atoms with van der Waals surface area (Å²) in [5.74, 6) is 0.715. The van der Waals surface area contributed by atoms with Gasteiger partial charge in [0.05, 0.1) is 24.3 Å². The fraction of sp³-hybridized carbons (Fsp3) is 0.462. The molecule has 0 saturated heterocycles. The summed E-state index contributed by atoms with van der Waals surface area (Å²) in [4.78, 5) is 0. The van der Waals surface area contributed by atoms with Crippen LogP contribution in [0.15, 0.2) is 24.3 Å². The largest absolute Gasteiger partial charge is 0.491 e. The van der Waals surface area contributed by atoms with E-state index >= 15 is 0 Å². The number of rotatable bonds is 6. The zero-order valence-electron chi connectivity index (χ0n) is 9.77. The van der Waals surface area contributed by atoms with Crippen LogP contribution in [-0.2, 0) is 4.74 Å². The van der Waals surface area contributed by atoms with Crippen molar-refractivity contribution in [2.75, 3.05) is 13.2 Å². The van der Waals surface area contributed by atoms with Crippen molar-refractivity contribution in [1.29, 1.82) is 5.26 Å². The first kappa shape index (κ1) is 12.5. The van der Waals surface area contributed by atoms with E-state index < -0.39 is 0 Å². The first-order chi connectivity index (χ1) is 7.76. The molecule has 1 aromatic rings. The molecule has 3 heteroatoms. The summed E-state index contributed by atoms with van der Waals surface area (Å²) < 4.78 is 10.9. The summed E-state index contributed by atoms with van der Waals surface area (Å²) >= 11 is 0. The molecule has 16 heavy (non-hydrogen) atoms. The van der Waals surface area contributed by atoms with E-state index in [-0.39, 0.29) is 6.10 Å². The van der Waals surface area contributed by atoms with Crippen molar-refractivity contribution in [3.63, 3.8) is 0 Å². The Morgan fingerprint density at radius 3 is 2.88 bits per heavy atom. The maximum Gasteiger partial charge on any atom is 0.120 e. The molecule has 0 heterocycles. The second-order valence-electron chi connectivity index (χ2n) is 3.58.